The van der Waals surface area contributed by atoms with Crippen molar-refractivity contribution in [3.63, 3.8) is 0 Å². The Morgan fingerprint density at radius 3 is 2.53 bits per heavy atom. The molecule has 0 fully saturated rings. The molecule has 0 radical (unpaired) electrons. The van der Waals surface area contributed by atoms with E-state index in [1.165, 1.54) is 6.07 Å². The van der Waals surface area contributed by atoms with Crippen LogP contribution < -0.4 is 5.73 Å². The summed E-state index contributed by atoms with van der Waals surface area (Å²) in [4.78, 5) is 0. The molecule has 0 spiro atoms. The molecule has 0 aliphatic rings. The monoisotopic (exact) mass is 217 g/mol. The Morgan fingerprint density at radius 2 is 2.00 bits per heavy atom. The SMILES string of the molecule is CCC(N)Cc1cccc(C(F)(F)F)c1. The summed E-state index contributed by atoms with van der Waals surface area (Å²) >= 11 is 0. The molecule has 0 heterocycles. The van der Waals surface area contributed by atoms with Gasteiger partial charge in [-0.15, -0.1) is 0 Å². The Labute approximate surface area is 87.1 Å². The smallest absolute Gasteiger partial charge is 0.327 e. The van der Waals surface area contributed by atoms with Crippen molar-refractivity contribution in [3.05, 3.63) is 35.4 Å². The topological polar surface area (TPSA) is 26.0 Å². The Bertz CT molecular complexity index is 320. The first kappa shape index (κ1) is 12.0. The average molecular weight is 217 g/mol. The van der Waals surface area contributed by atoms with Crippen LogP contribution in [0.5, 0.6) is 0 Å². The molecule has 0 aliphatic carbocycles. The van der Waals surface area contributed by atoms with Crippen molar-refractivity contribution in [1.82, 2.24) is 0 Å². The number of hydrogen-bond acceptors (Lipinski definition) is 1. The van der Waals surface area contributed by atoms with E-state index in [0.717, 1.165) is 18.6 Å². The molecule has 4 heteroatoms. The zero-order valence-corrected chi connectivity index (χ0v) is 8.51. The first-order valence-corrected chi connectivity index (χ1v) is 4.85. The second-order valence-electron chi connectivity index (χ2n) is 3.57. The van der Waals surface area contributed by atoms with Crippen LogP contribution >= 0.6 is 0 Å². The maximum Gasteiger partial charge on any atom is 0.416 e. The highest BCUT2D eigenvalue weighted by molar-refractivity contribution is 5.26. The Kier molecular flexibility index (Phi) is 3.74. The summed E-state index contributed by atoms with van der Waals surface area (Å²) in [5.74, 6) is 0. The molecule has 84 valence electrons. The molecule has 0 aliphatic heterocycles. The van der Waals surface area contributed by atoms with Gasteiger partial charge in [0, 0.05) is 6.04 Å². The van der Waals surface area contributed by atoms with Gasteiger partial charge in [-0.1, -0.05) is 25.1 Å². The third-order valence-electron chi connectivity index (χ3n) is 2.28. The van der Waals surface area contributed by atoms with Crippen molar-refractivity contribution in [1.29, 1.82) is 0 Å². The van der Waals surface area contributed by atoms with Crippen LogP contribution in [-0.4, -0.2) is 6.04 Å². The first-order valence-electron chi connectivity index (χ1n) is 4.85. The van der Waals surface area contributed by atoms with Crippen molar-refractivity contribution in [2.75, 3.05) is 0 Å². The minimum absolute atomic E-state index is 0.0755. The van der Waals surface area contributed by atoms with Gasteiger partial charge < -0.3 is 5.73 Å². The number of hydrogen-bond donors (Lipinski definition) is 1. The van der Waals surface area contributed by atoms with Gasteiger partial charge in [-0.05, 0) is 24.5 Å². The fourth-order valence-corrected chi connectivity index (χ4v) is 1.32. The zero-order valence-electron chi connectivity index (χ0n) is 8.51. The standard InChI is InChI=1S/C11H14F3N/c1-2-10(15)7-8-4-3-5-9(6-8)11(12,13)14/h3-6,10H,2,7,15H2,1H3. The molecule has 1 rings (SSSR count). The van der Waals surface area contributed by atoms with Crippen LogP contribution in [0.2, 0.25) is 0 Å². The summed E-state index contributed by atoms with van der Waals surface area (Å²) in [7, 11) is 0. The van der Waals surface area contributed by atoms with Gasteiger partial charge in [0.25, 0.3) is 0 Å². The summed E-state index contributed by atoms with van der Waals surface area (Å²) in [6.07, 6.45) is -3.02. The molecular formula is C11H14F3N. The van der Waals surface area contributed by atoms with Gasteiger partial charge in [-0.25, -0.2) is 0 Å². The zero-order chi connectivity index (χ0) is 11.5. The van der Waals surface area contributed by atoms with Gasteiger partial charge in [0.05, 0.1) is 5.56 Å². The molecular weight excluding hydrogens is 203 g/mol. The predicted octanol–water partition coefficient (Wildman–Crippen LogP) is 2.99. The highest BCUT2D eigenvalue weighted by Crippen LogP contribution is 2.29. The third kappa shape index (κ3) is 3.55. The van der Waals surface area contributed by atoms with Crippen LogP contribution in [0.1, 0.15) is 24.5 Å². The lowest BCUT2D eigenvalue weighted by Crippen LogP contribution is -2.21. The molecule has 0 amide bonds. The van der Waals surface area contributed by atoms with Gasteiger partial charge in [-0.2, -0.15) is 13.2 Å². The Morgan fingerprint density at radius 1 is 1.33 bits per heavy atom. The van der Waals surface area contributed by atoms with Crippen LogP contribution in [0.3, 0.4) is 0 Å². The van der Waals surface area contributed by atoms with Gasteiger partial charge in [-0.3, -0.25) is 0 Å². The number of alkyl halides is 3. The van der Waals surface area contributed by atoms with Crippen molar-refractivity contribution in [2.45, 2.75) is 32.0 Å². The van der Waals surface area contributed by atoms with Gasteiger partial charge >= 0.3 is 6.18 Å². The van der Waals surface area contributed by atoms with Crippen LogP contribution in [0.25, 0.3) is 0 Å². The number of benzene rings is 1. The lowest BCUT2D eigenvalue weighted by Gasteiger charge is -2.11. The maximum absolute atomic E-state index is 12.4. The lowest BCUT2D eigenvalue weighted by atomic mass is 10.0. The van der Waals surface area contributed by atoms with E-state index in [-0.39, 0.29) is 6.04 Å². The summed E-state index contributed by atoms with van der Waals surface area (Å²) in [5, 5.41) is 0. The van der Waals surface area contributed by atoms with Crippen LogP contribution in [-0.2, 0) is 12.6 Å². The van der Waals surface area contributed by atoms with E-state index in [0.29, 0.717) is 12.0 Å². The molecule has 0 aromatic heterocycles. The van der Waals surface area contributed by atoms with E-state index in [9.17, 15) is 13.2 Å². The fourth-order valence-electron chi connectivity index (χ4n) is 1.32. The highest BCUT2D eigenvalue weighted by atomic mass is 19.4. The second-order valence-corrected chi connectivity index (χ2v) is 3.57. The summed E-state index contributed by atoms with van der Waals surface area (Å²) in [6, 6.07) is 5.25. The molecule has 1 aromatic carbocycles. The van der Waals surface area contributed by atoms with Crippen LogP contribution in [0.4, 0.5) is 13.2 Å². The summed E-state index contributed by atoms with van der Waals surface area (Å²) in [5.41, 5.74) is 5.71. The van der Waals surface area contributed by atoms with E-state index in [2.05, 4.69) is 0 Å². The minimum Gasteiger partial charge on any atom is -0.327 e. The molecule has 2 N–H and O–H groups in total. The van der Waals surface area contributed by atoms with E-state index in [1.54, 1.807) is 6.07 Å². The summed E-state index contributed by atoms with van der Waals surface area (Å²) < 4.78 is 37.1. The molecule has 15 heavy (non-hydrogen) atoms. The van der Waals surface area contributed by atoms with Gasteiger partial charge in [0.1, 0.15) is 0 Å². The minimum atomic E-state index is -4.27. The molecule has 0 bridgehead atoms. The molecule has 0 saturated carbocycles. The van der Waals surface area contributed by atoms with Crippen molar-refractivity contribution in [3.8, 4) is 0 Å². The lowest BCUT2D eigenvalue weighted by molar-refractivity contribution is -0.137. The predicted molar refractivity (Wildman–Crippen MR) is 53.4 cm³/mol. The van der Waals surface area contributed by atoms with E-state index >= 15 is 0 Å². The largest absolute Gasteiger partial charge is 0.416 e. The van der Waals surface area contributed by atoms with Crippen molar-refractivity contribution >= 4 is 0 Å². The molecule has 1 aromatic rings. The number of rotatable bonds is 3. The van der Waals surface area contributed by atoms with Crippen molar-refractivity contribution in [2.24, 2.45) is 5.73 Å². The van der Waals surface area contributed by atoms with Crippen LogP contribution in [0.15, 0.2) is 24.3 Å². The quantitative estimate of drug-likeness (QED) is 0.827. The van der Waals surface area contributed by atoms with Crippen LogP contribution in [0, 0.1) is 0 Å². The Hall–Kier alpha value is -1.03. The van der Waals surface area contributed by atoms with Gasteiger partial charge in [0.15, 0.2) is 0 Å². The second kappa shape index (κ2) is 4.66. The fraction of sp³-hybridized carbons (Fsp3) is 0.455. The summed E-state index contributed by atoms with van der Waals surface area (Å²) in [6.45, 7) is 1.91. The average Bonchev–Trinajstić information content (AvgIpc) is 2.17. The normalized spacial score (nSPS) is 13.9. The van der Waals surface area contributed by atoms with Gasteiger partial charge in [0.2, 0.25) is 0 Å². The third-order valence-corrected chi connectivity index (χ3v) is 2.28. The number of halogens is 3. The molecule has 1 nitrogen and oxygen atoms in total. The highest BCUT2D eigenvalue weighted by Gasteiger charge is 2.30. The molecule has 1 unspecified atom stereocenters. The molecule has 0 saturated heterocycles. The number of nitrogens with two attached hydrogens (primary N) is 1. The molecule has 1 atom stereocenters. The van der Waals surface area contributed by atoms with E-state index in [4.69, 9.17) is 5.73 Å². The van der Waals surface area contributed by atoms with E-state index < -0.39 is 11.7 Å². The first-order chi connectivity index (χ1) is 6.93. The Balaban J connectivity index is 2.84. The van der Waals surface area contributed by atoms with E-state index in [1.807, 2.05) is 6.92 Å². The van der Waals surface area contributed by atoms with Crippen molar-refractivity contribution < 1.29 is 13.2 Å². The maximum atomic E-state index is 12.4.